The fourth-order valence-electron chi connectivity index (χ4n) is 3.85. The standard InChI is InChI=1S/C23H22FO2P/c24-22(21(25)23(16-17-23)18-10-4-1-5-11-18)27(26,19-12-6-2-7-13-19)20-14-8-3-9-15-20/h1-15,21-22,25H,16-17H2/t21-,22-/m0/s1. The molecule has 1 fully saturated rings. The van der Waals surface area contributed by atoms with E-state index in [9.17, 15) is 9.67 Å². The van der Waals surface area contributed by atoms with Gasteiger partial charge in [-0.15, -0.1) is 0 Å². The third-order valence-electron chi connectivity index (χ3n) is 5.59. The number of hydrogen-bond donors (Lipinski definition) is 1. The topological polar surface area (TPSA) is 37.3 Å². The van der Waals surface area contributed by atoms with Crippen molar-refractivity contribution in [3.63, 3.8) is 0 Å². The Bertz CT molecular complexity index is 896. The fraction of sp³-hybridized carbons (Fsp3) is 0.217. The third-order valence-corrected chi connectivity index (χ3v) is 8.70. The first-order chi connectivity index (χ1) is 13.1. The van der Waals surface area contributed by atoms with E-state index in [1.54, 1.807) is 48.5 Å². The average molecular weight is 380 g/mol. The summed E-state index contributed by atoms with van der Waals surface area (Å²) >= 11 is 0. The Morgan fingerprint density at radius 3 is 1.59 bits per heavy atom. The summed E-state index contributed by atoms with van der Waals surface area (Å²) in [6.45, 7) is 0. The highest BCUT2D eigenvalue weighted by atomic mass is 31.2. The average Bonchev–Trinajstić information content (AvgIpc) is 3.56. The maximum absolute atomic E-state index is 15.9. The van der Waals surface area contributed by atoms with Gasteiger partial charge in [0.25, 0.3) is 0 Å². The maximum atomic E-state index is 15.9. The van der Waals surface area contributed by atoms with Crippen LogP contribution >= 0.6 is 7.14 Å². The number of alkyl halides is 1. The molecule has 4 heteroatoms. The van der Waals surface area contributed by atoms with Gasteiger partial charge in [0.2, 0.25) is 0 Å². The predicted molar refractivity (Wildman–Crippen MR) is 108 cm³/mol. The van der Waals surface area contributed by atoms with Gasteiger partial charge < -0.3 is 9.67 Å². The number of aliphatic hydroxyl groups excluding tert-OH is 1. The van der Waals surface area contributed by atoms with E-state index in [2.05, 4.69) is 0 Å². The molecule has 138 valence electrons. The van der Waals surface area contributed by atoms with Crippen LogP contribution < -0.4 is 10.6 Å². The maximum Gasteiger partial charge on any atom is 0.187 e. The molecule has 1 aliphatic rings. The lowest BCUT2D eigenvalue weighted by Crippen LogP contribution is -2.39. The first-order valence-corrected chi connectivity index (χ1v) is 11.0. The number of hydrogen-bond acceptors (Lipinski definition) is 2. The summed E-state index contributed by atoms with van der Waals surface area (Å²) in [6, 6.07) is 26.9. The molecule has 2 nitrogen and oxygen atoms in total. The minimum absolute atomic E-state index is 0.437. The van der Waals surface area contributed by atoms with E-state index in [1.807, 2.05) is 42.5 Å². The molecule has 1 saturated carbocycles. The quantitative estimate of drug-likeness (QED) is 0.644. The summed E-state index contributed by atoms with van der Waals surface area (Å²) in [7, 11) is -3.66. The molecule has 0 aliphatic heterocycles. The second-order valence-electron chi connectivity index (χ2n) is 7.17. The molecule has 0 aromatic heterocycles. The molecular weight excluding hydrogens is 358 g/mol. The fourth-order valence-corrected chi connectivity index (χ4v) is 6.64. The predicted octanol–water partition coefficient (Wildman–Crippen LogP) is 4.39. The van der Waals surface area contributed by atoms with E-state index >= 15 is 4.39 Å². The van der Waals surface area contributed by atoms with E-state index in [1.165, 1.54) is 0 Å². The third kappa shape index (κ3) is 3.05. The highest BCUT2D eigenvalue weighted by Crippen LogP contribution is 2.59. The van der Waals surface area contributed by atoms with Crippen LogP contribution in [0.25, 0.3) is 0 Å². The van der Waals surface area contributed by atoms with Crippen molar-refractivity contribution in [1.82, 2.24) is 0 Å². The van der Waals surface area contributed by atoms with Crippen molar-refractivity contribution in [2.45, 2.75) is 30.3 Å². The van der Waals surface area contributed by atoms with Gasteiger partial charge in [0.15, 0.2) is 13.1 Å². The van der Waals surface area contributed by atoms with Gasteiger partial charge in [-0.25, -0.2) is 4.39 Å². The Labute approximate surface area is 159 Å². The molecule has 0 bridgehead atoms. The van der Waals surface area contributed by atoms with Crippen LogP contribution in [0.4, 0.5) is 4.39 Å². The van der Waals surface area contributed by atoms with Crippen molar-refractivity contribution in [2.75, 3.05) is 0 Å². The molecule has 1 N–H and O–H groups in total. The normalized spacial score (nSPS) is 17.9. The van der Waals surface area contributed by atoms with Gasteiger partial charge in [-0.05, 0) is 18.4 Å². The second kappa shape index (κ2) is 7.07. The Kier molecular flexibility index (Phi) is 4.75. The van der Waals surface area contributed by atoms with Crippen LogP contribution in [0.5, 0.6) is 0 Å². The molecule has 27 heavy (non-hydrogen) atoms. The van der Waals surface area contributed by atoms with Gasteiger partial charge in [-0.2, -0.15) is 0 Å². The van der Waals surface area contributed by atoms with E-state index in [0.29, 0.717) is 23.5 Å². The zero-order valence-electron chi connectivity index (χ0n) is 14.9. The van der Waals surface area contributed by atoms with Crippen molar-refractivity contribution in [3.05, 3.63) is 96.6 Å². The van der Waals surface area contributed by atoms with E-state index in [-0.39, 0.29) is 0 Å². The van der Waals surface area contributed by atoms with Gasteiger partial charge in [-0.1, -0.05) is 91.0 Å². The molecule has 0 radical (unpaired) electrons. The molecule has 3 aromatic carbocycles. The van der Waals surface area contributed by atoms with Gasteiger partial charge >= 0.3 is 0 Å². The largest absolute Gasteiger partial charge is 0.389 e. The van der Waals surface area contributed by atoms with Crippen LogP contribution in [0.15, 0.2) is 91.0 Å². The molecular formula is C23H22FO2P. The van der Waals surface area contributed by atoms with Crippen LogP contribution in [0.1, 0.15) is 18.4 Å². The minimum Gasteiger partial charge on any atom is -0.389 e. The molecule has 3 aromatic rings. The first-order valence-electron chi connectivity index (χ1n) is 9.18. The van der Waals surface area contributed by atoms with E-state index < -0.39 is 24.6 Å². The van der Waals surface area contributed by atoms with Gasteiger partial charge in [-0.3, -0.25) is 0 Å². The SMILES string of the molecule is O=P(c1ccccc1)(c1ccccc1)[C@H](F)[C@H](O)C1(c2ccccc2)CC1. The minimum atomic E-state index is -3.66. The molecule has 4 rings (SSSR count). The summed E-state index contributed by atoms with van der Waals surface area (Å²) in [5, 5.41) is 11.9. The van der Waals surface area contributed by atoms with E-state index in [4.69, 9.17) is 0 Å². The van der Waals surface area contributed by atoms with Crippen molar-refractivity contribution < 1.29 is 14.1 Å². The number of rotatable bonds is 6. The number of halogens is 1. The summed E-state index contributed by atoms with van der Waals surface area (Å²) in [5.74, 6) is -1.87. The van der Waals surface area contributed by atoms with Gasteiger partial charge in [0.05, 0.1) is 0 Å². The zero-order valence-corrected chi connectivity index (χ0v) is 15.8. The van der Waals surface area contributed by atoms with E-state index in [0.717, 1.165) is 5.56 Å². The summed E-state index contributed by atoms with van der Waals surface area (Å²) in [4.78, 5) is 0. The number of aliphatic hydroxyl groups is 1. The Morgan fingerprint density at radius 2 is 1.19 bits per heavy atom. The summed E-state index contributed by atoms with van der Waals surface area (Å²) in [6.07, 6.45) is 0.0656. The lowest BCUT2D eigenvalue weighted by molar-refractivity contribution is 0.0816. The summed E-state index contributed by atoms with van der Waals surface area (Å²) < 4.78 is 30.1. The van der Waals surface area contributed by atoms with Crippen molar-refractivity contribution in [3.8, 4) is 0 Å². The zero-order chi connectivity index (χ0) is 18.9. The van der Waals surface area contributed by atoms with Crippen molar-refractivity contribution >= 4 is 17.8 Å². The molecule has 2 atom stereocenters. The molecule has 0 unspecified atom stereocenters. The van der Waals surface area contributed by atoms with Gasteiger partial charge in [0.1, 0.15) is 6.10 Å². The highest BCUT2D eigenvalue weighted by Gasteiger charge is 2.57. The smallest absolute Gasteiger partial charge is 0.187 e. The van der Waals surface area contributed by atoms with Crippen LogP contribution in [-0.4, -0.2) is 17.1 Å². The second-order valence-corrected chi connectivity index (χ2v) is 10.0. The Morgan fingerprint density at radius 1 is 0.778 bits per heavy atom. The van der Waals surface area contributed by atoms with Crippen LogP contribution in [0.2, 0.25) is 0 Å². The lowest BCUT2D eigenvalue weighted by atomic mass is 9.90. The van der Waals surface area contributed by atoms with Crippen LogP contribution in [0.3, 0.4) is 0 Å². The first kappa shape index (κ1) is 18.2. The van der Waals surface area contributed by atoms with Gasteiger partial charge in [0, 0.05) is 16.0 Å². The monoisotopic (exact) mass is 380 g/mol. The molecule has 0 amide bonds. The van der Waals surface area contributed by atoms with Crippen molar-refractivity contribution in [1.29, 1.82) is 0 Å². The Hall–Kier alpha value is -2.22. The molecule has 0 heterocycles. The highest BCUT2D eigenvalue weighted by molar-refractivity contribution is 7.79. The van der Waals surface area contributed by atoms with Crippen molar-refractivity contribution in [2.24, 2.45) is 0 Å². The number of benzene rings is 3. The summed E-state index contributed by atoms with van der Waals surface area (Å²) in [5.41, 5.74) is 0.257. The molecule has 1 aliphatic carbocycles. The van der Waals surface area contributed by atoms with Crippen LogP contribution in [-0.2, 0) is 9.98 Å². The lowest BCUT2D eigenvalue weighted by Gasteiger charge is -2.31. The molecule has 0 saturated heterocycles. The Balaban J connectivity index is 1.79. The van der Waals surface area contributed by atoms with Crippen LogP contribution in [0, 0.1) is 0 Å². The molecule has 0 spiro atoms.